The molecular formula is C12H20ClNO5. The van der Waals surface area contributed by atoms with Crippen LogP contribution in [0.4, 0.5) is 4.79 Å². The van der Waals surface area contributed by atoms with Crippen LogP contribution in [0.1, 0.15) is 34.6 Å². The van der Waals surface area contributed by atoms with Gasteiger partial charge in [0, 0.05) is 0 Å². The molecule has 1 rings (SSSR count). The van der Waals surface area contributed by atoms with E-state index in [2.05, 4.69) is 0 Å². The number of amides is 1. The summed E-state index contributed by atoms with van der Waals surface area (Å²) in [5.74, 6) is -0.605. The third-order valence-corrected chi connectivity index (χ3v) is 2.65. The van der Waals surface area contributed by atoms with Gasteiger partial charge in [0.2, 0.25) is 0 Å². The van der Waals surface area contributed by atoms with Gasteiger partial charge in [-0.15, -0.1) is 0 Å². The van der Waals surface area contributed by atoms with Crippen LogP contribution in [-0.4, -0.2) is 47.0 Å². The Bertz CT molecular complexity index is 364. The zero-order chi connectivity index (χ0) is 14.8. The maximum atomic E-state index is 12.2. The van der Waals surface area contributed by atoms with E-state index in [1.165, 1.54) is 4.90 Å². The average Bonchev–Trinajstić information content (AvgIpc) is 2.51. The van der Waals surface area contributed by atoms with Crippen molar-refractivity contribution in [2.45, 2.75) is 52.0 Å². The standard InChI is InChI=1S/C12H20ClNO5/c1-11(2,3)19-10(16)14-8(9(15)17-7-13)6-18-12(14,4)5/h8H,6-7H2,1-5H3/t8-/m0/s1. The Morgan fingerprint density at radius 2 is 2.00 bits per heavy atom. The molecule has 0 spiro atoms. The van der Waals surface area contributed by atoms with E-state index in [0.717, 1.165) is 0 Å². The first kappa shape index (κ1) is 16.0. The highest BCUT2D eigenvalue weighted by Crippen LogP contribution is 2.29. The number of hydrogen-bond donors (Lipinski definition) is 0. The van der Waals surface area contributed by atoms with Crippen LogP contribution in [0.3, 0.4) is 0 Å². The summed E-state index contributed by atoms with van der Waals surface area (Å²) >= 11 is 5.36. The summed E-state index contributed by atoms with van der Waals surface area (Å²) in [6.07, 6.45) is -0.619. The van der Waals surface area contributed by atoms with E-state index in [0.29, 0.717) is 0 Å². The molecule has 0 aromatic carbocycles. The number of esters is 1. The van der Waals surface area contributed by atoms with Crippen molar-refractivity contribution in [1.82, 2.24) is 4.90 Å². The third kappa shape index (κ3) is 3.98. The number of alkyl halides is 1. The topological polar surface area (TPSA) is 65.1 Å². The van der Waals surface area contributed by atoms with E-state index < -0.39 is 29.4 Å². The van der Waals surface area contributed by atoms with Gasteiger partial charge in [0.1, 0.15) is 11.3 Å². The van der Waals surface area contributed by atoms with E-state index in [1.807, 2.05) is 0 Å². The average molecular weight is 294 g/mol. The van der Waals surface area contributed by atoms with E-state index in [9.17, 15) is 9.59 Å². The lowest BCUT2D eigenvalue weighted by molar-refractivity contribution is -0.147. The maximum Gasteiger partial charge on any atom is 0.413 e. The minimum atomic E-state index is -0.932. The first-order valence-corrected chi connectivity index (χ1v) is 6.51. The van der Waals surface area contributed by atoms with Gasteiger partial charge in [0.05, 0.1) is 6.61 Å². The quantitative estimate of drug-likeness (QED) is 0.576. The lowest BCUT2D eigenvalue weighted by atomic mass is 10.2. The molecule has 1 aliphatic rings. The van der Waals surface area contributed by atoms with Gasteiger partial charge in [-0.3, -0.25) is 4.90 Å². The second-order valence-electron chi connectivity index (χ2n) is 5.70. The molecule has 0 unspecified atom stereocenters. The molecule has 1 aliphatic heterocycles. The van der Waals surface area contributed by atoms with Crippen molar-refractivity contribution >= 4 is 23.7 Å². The Labute approximate surface area is 117 Å². The fourth-order valence-corrected chi connectivity index (χ4v) is 1.89. The number of halogens is 1. The number of rotatable bonds is 2. The lowest BCUT2D eigenvalue weighted by Gasteiger charge is -2.34. The van der Waals surface area contributed by atoms with Crippen molar-refractivity contribution in [2.24, 2.45) is 0 Å². The van der Waals surface area contributed by atoms with Crippen LogP contribution >= 0.6 is 11.6 Å². The first-order chi connectivity index (χ1) is 8.58. The fourth-order valence-electron chi connectivity index (χ4n) is 1.78. The fraction of sp³-hybridized carbons (Fsp3) is 0.833. The summed E-state index contributed by atoms with van der Waals surface area (Å²) in [5, 5.41) is 0. The zero-order valence-electron chi connectivity index (χ0n) is 11.9. The number of ether oxygens (including phenoxy) is 3. The Morgan fingerprint density at radius 1 is 1.42 bits per heavy atom. The summed E-state index contributed by atoms with van der Waals surface area (Å²) < 4.78 is 15.5. The smallest absolute Gasteiger partial charge is 0.413 e. The van der Waals surface area contributed by atoms with Gasteiger partial charge in [0.15, 0.2) is 12.1 Å². The zero-order valence-corrected chi connectivity index (χ0v) is 12.6. The van der Waals surface area contributed by atoms with Crippen molar-refractivity contribution < 1.29 is 23.8 Å². The molecule has 1 fully saturated rings. The largest absolute Gasteiger partial charge is 0.448 e. The second-order valence-corrected chi connectivity index (χ2v) is 5.91. The SMILES string of the molecule is CC(C)(C)OC(=O)N1[C@H](C(=O)OCCl)COC1(C)C. The molecule has 6 nitrogen and oxygen atoms in total. The van der Waals surface area contributed by atoms with E-state index in [4.69, 9.17) is 25.8 Å². The van der Waals surface area contributed by atoms with E-state index >= 15 is 0 Å². The first-order valence-electron chi connectivity index (χ1n) is 5.97. The van der Waals surface area contributed by atoms with Crippen LogP contribution in [0.15, 0.2) is 0 Å². The molecule has 0 aromatic rings. The van der Waals surface area contributed by atoms with Crippen LogP contribution in [0, 0.1) is 0 Å². The highest BCUT2D eigenvalue weighted by Gasteiger charge is 2.49. The summed E-state index contributed by atoms with van der Waals surface area (Å²) in [5.41, 5.74) is -1.59. The minimum absolute atomic E-state index is 0.0575. The van der Waals surface area contributed by atoms with Crippen LogP contribution in [0.2, 0.25) is 0 Å². The van der Waals surface area contributed by atoms with Gasteiger partial charge >= 0.3 is 12.1 Å². The predicted molar refractivity (Wildman–Crippen MR) is 68.7 cm³/mol. The molecule has 0 aromatic heterocycles. The molecule has 0 saturated carbocycles. The Balaban J connectivity index is 2.90. The van der Waals surface area contributed by atoms with Crippen molar-refractivity contribution in [3.05, 3.63) is 0 Å². The molecule has 1 saturated heterocycles. The highest BCUT2D eigenvalue weighted by molar-refractivity contribution is 6.17. The Kier molecular flexibility index (Phi) is 4.68. The summed E-state index contributed by atoms with van der Waals surface area (Å²) in [6, 6.07) is -1.11. The second kappa shape index (κ2) is 5.54. The van der Waals surface area contributed by atoms with Crippen LogP contribution < -0.4 is 0 Å². The molecule has 7 heteroatoms. The molecule has 110 valence electrons. The highest BCUT2D eigenvalue weighted by atomic mass is 35.5. The predicted octanol–water partition coefficient (Wildman–Crippen LogP) is 2.10. The van der Waals surface area contributed by atoms with Gasteiger partial charge in [-0.05, 0) is 34.6 Å². The van der Waals surface area contributed by atoms with Gasteiger partial charge in [-0.25, -0.2) is 9.59 Å². The van der Waals surface area contributed by atoms with Crippen LogP contribution in [0.5, 0.6) is 0 Å². The Hall–Kier alpha value is -1.01. The summed E-state index contributed by atoms with van der Waals surface area (Å²) in [4.78, 5) is 25.2. The number of carbonyl (C=O) groups excluding carboxylic acids is 2. The monoisotopic (exact) mass is 293 g/mol. The van der Waals surface area contributed by atoms with Crippen LogP contribution in [0.25, 0.3) is 0 Å². The van der Waals surface area contributed by atoms with Crippen molar-refractivity contribution in [3.8, 4) is 0 Å². The van der Waals surface area contributed by atoms with Crippen molar-refractivity contribution in [2.75, 3.05) is 12.7 Å². The summed E-state index contributed by atoms with van der Waals surface area (Å²) in [7, 11) is 0. The lowest BCUT2D eigenvalue weighted by Crippen LogP contribution is -2.52. The molecular weight excluding hydrogens is 274 g/mol. The van der Waals surface area contributed by atoms with E-state index in [1.54, 1.807) is 34.6 Å². The number of hydrogen-bond acceptors (Lipinski definition) is 5. The third-order valence-electron chi connectivity index (χ3n) is 2.55. The molecule has 1 amide bonds. The van der Waals surface area contributed by atoms with E-state index in [-0.39, 0.29) is 12.7 Å². The number of carbonyl (C=O) groups is 2. The molecule has 1 heterocycles. The van der Waals surface area contributed by atoms with Gasteiger partial charge in [-0.1, -0.05) is 11.6 Å². The van der Waals surface area contributed by atoms with Gasteiger partial charge in [0.25, 0.3) is 0 Å². The minimum Gasteiger partial charge on any atom is -0.448 e. The molecule has 0 radical (unpaired) electrons. The molecule has 0 bridgehead atoms. The maximum absolute atomic E-state index is 12.2. The molecule has 19 heavy (non-hydrogen) atoms. The van der Waals surface area contributed by atoms with Crippen molar-refractivity contribution in [1.29, 1.82) is 0 Å². The molecule has 0 N–H and O–H groups in total. The normalized spacial score (nSPS) is 22.2. The molecule has 0 aliphatic carbocycles. The number of nitrogens with zero attached hydrogens (tertiary/aromatic N) is 1. The summed E-state index contributed by atoms with van der Waals surface area (Å²) in [6.45, 7) is 8.68. The van der Waals surface area contributed by atoms with Gasteiger partial charge in [-0.2, -0.15) is 0 Å². The van der Waals surface area contributed by atoms with Gasteiger partial charge < -0.3 is 14.2 Å². The van der Waals surface area contributed by atoms with Crippen molar-refractivity contribution in [3.63, 3.8) is 0 Å². The Morgan fingerprint density at radius 3 is 2.47 bits per heavy atom. The molecule has 1 atom stereocenters. The van der Waals surface area contributed by atoms with Crippen LogP contribution in [-0.2, 0) is 19.0 Å².